The number of hydrogen-bond acceptors (Lipinski definition) is 6. The third-order valence-corrected chi connectivity index (χ3v) is 7.11. The van der Waals surface area contributed by atoms with Crippen LogP contribution in [0.3, 0.4) is 0 Å². The summed E-state index contributed by atoms with van der Waals surface area (Å²) in [6.45, 7) is 2.24. The molecule has 11 heteroatoms. The van der Waals surface area contributed by atoms with Crippen LogP contribution in [0.15, 0.2) is 95.6 Å². The van der Waals surface area contributed by atoms with Crippen molar-refractivity contribution in [3.8, 4) is 16.9 Å². The van der Waals surface area contributed by atoms with Gasteiger partial charge in [-0.25, -0.2) is 4.98 Å². The fourth-order valence-corrected chi connectivity index (χ4v) is 4.86. The van der Waals surface area contributed by atoms with Gasteiger partial charge < -0.3 is 10.6 Å². The van der Waals surface area contributed by atoms with Crippen LogP contribution in [0.5, 0.6) is 0 Å². The van der Waals surface area contributed by atoms with E-state index in [-0.39, 0.29) is 11.6 Å². The Hall–Kier alpha value is -4.54. The minimum Gasteiger partial charge on any atom is -0.366 e. The second kappa shape index (κ2) is 10.9. The van der Waals surface area contributed by atoms with Crippen LogP contribution >= 0.6 is 27.5 Å². The number of carbonyl (C=O) groups excluding carboxylic acids is 1. The van der Waals surface area contributed by atoms with Crippen LogP contribution in [0.25, 0.3) is 22.6 Å². The number of carbonyl (C=O) groups is 1. The number of nitrogens with zero attached hydrogens (tertiary/aromatic N) is 6. The van der Waals surface area contributed by atoms with E-state index < -0.39 is 0 Å². The molecule has 1 amide bonds. The Morgan fingerprint density at radius 3 is 2.60 bits per heavy atom. The smallest absolute Gasteiger partial charge is 0.278 e. The second-order valence-corrected chi connectivity index (χ2v) is 10.3. The van der Waals surface area contributed by atoms with Gasteiger partial charge in [0.25, 0.3) is 5.91 Å². The number of aryl methyl sites for hydroxylation is 1. The van der Waals surface area contributed by atoms with Crippen LogP contribution in [-0.4, -0.2) is 35.5 Å². The number of rotatable bonds is 7. The number of aromatic nitrogens is 6. The van der Waals surface area contributed by atoms with Gasteiger partial charge in [-0.2, -0.15) is 19.5 Å². The minimum absolute atomic E-state index is 0.267. The molecule has 3 aromatic carbocycles. The Bertz CT molecular complexity index is 1850. The molecule has 0 saturated heterocycles. The lowest BCUT2D eigenvalue weighted by Gasteiger charge is -2.12. The molecule has 198 valence electrons. The van der Waals surface area contributed by atoms with Crippen molar-refractivity contribution in [1.82, 2.24) is 29.6 Å². The Balaban J connectivity index is 1.21. The highest BCUT2D eigenvalue weighted by atomic mass is 79.9. The SMILES string of the molecule is Cc1nn(-c2ccccc2)nc1C(=O)Nc1cccc(CNc2cc(-c3ccccc3Cl)nc3c(Br)cnn23)c1. The molecule has 6 aromatic rings. The molecule has 2 N–H and O–H groups in total. The number of hydrogen-bond donors (Lipinski definition) is 2. The normalized spacial score (nSPS) is 11.1. The van der Waals surface area contributed by atoms with E-state index >= 15 is 0 Å². The molecule has 0 unspecified atom stereocenters. The maximum atomic E-state index is 13.0. The standard InChI is InChI=1S/C29H22BrClN8O/c1-18-27(37-39(36-18)21-10-3-2-4-11-21)29(40)34-20-9-7-8-19(14-20)16-32-26-15-25(22-12-5-6-13-24(22)31)35-28-23(30)17-33-38(26)28/h2-15,17,32H,16H2,1H3,(H,34,40). The molecule has 0 fully saturated rings. The largest absolute Gasteiger partial charge is 0.366 e. The van der Waals surface area contributed by atoms with E-state index in [9.17, 15) is 4.79 Å². The van der Waals surface area contributed by atoms with Gasteiger partial charge in [0.2, 0.25) is 0 Å². The first-order valence-corrected chi connectivity index (χ1v) is 13.6. The monoisotopic (exact) mass is 612 g/mol. The fraction of sp³-hybridized carbons (Fsp3) is 0.0690. The zero-order valence-electron chi connectivity index (χ0n) is 21.2. The maximum Gasteiger partial charge on any atom is 0.278 e. The first-order valence-electron chi connectivity index (χ1n) is 12.4. The number of benzene rings is 3. The van der Waals surface area contributed by atoms with Gasteiger partial charge in [-0.15, -0.1) is 5.10 Å². The van der Waals surface area contributed by atoms with E-state index in [4.69, 9.17) is 16.6 Å². The number of para-hydroxylation sites is 1. The highest BCUT2D eigenvalue weighted by Gasteiger charge is 2.17. The molecule has 3 heterocycles. The van der Waals surface area contributed by atoms with E-state index in [1.165, 1.54) is 4.80 Å². The summed E-state index contributed by atoms with van der Waals surface area (Å²) in [6, 6.07) is 26.6. The lowest BCUT2D eigenvalue weighted by molar-refractivity contribution is 0.102. The van der Waals surface area contributed by atoms with Gasteiger partial charge in [0.15, 0.2) is 11.3 Å². The molecule has 0 radical (unpaired) electrons. The molecule has 0 aliphatic heterocycles. The summed E-state index contributed by atoms with van der Waals surface area (Å²) in [7, 11) is 0. The molecule has 9 nitrogen and oxygen atoms in total. The zero-order valence-corrected chi connectivity index (χ0v) is 23.6. The van der Waals surface area contributed by atoms with Crippen molar-refractivity contribution in [2.75, 3.05) is 10.6 Å². The molecule has 40 heavy (non-hydrogen) atoms. The summed E-state index contributed by atoms with van der Waals surface area (Å²) < 4.78 is 2.50. The topological polar surface area (TPSA) is 102 Å². The van der Waals surface area contributed by atoms with Gasteiger partial charge >= 0.3 is 0 Å². The van der Waals surface area contributed by atoms with Gasteiger partial charge in [-0.1, -0.05) is 60.1 Å². The van der Waals surface area contributed by atoms with E-state index in [0.717, 1.165) is 32.8 Å². The molecular formula is C29H22BrClN8O. The molecule has 0 spiro atoms. The van der Waals surface area contributed by atoms with Gasteiger partial charge in [0.1, 0.15) is 5.82 Å². The molecule has 0 saturated carbocycles. The maximum absolute atomic E-state index is 13.0. The van der Waals surface area contributed by atoms with Gasteiger partial charge in [-0.05, 0) is 58.7 Å². The lowest BCUT2D eigenvalue weighted by atomic mass is 10.1. The number of halogens is 2. The number of nitrogens with one attached hydrogen (secondary N) is 2. The Labute approximate surface area is 243 Å². The quantitative estimate of drug-likeness (QED) is 0.211. The van der Waals surface area contributed by atoms with Crippen molar-refractivity contribution in [2.24, 2.45) is 0 Å². The van der Waals surface area contributed by atoms with Crippen LogP contribution in [0.4, 0.5) is 11.5 Å². The van der Waals surface area contributed by atoms with Gasteiger partial charge in [0, 0.05) is 28.9 Å². The van der Waals surface area contributed by atoms with Crippen LogP contribution in [-0.2, 0) is 6.54 Å². The van der Waals surface area contributed by atoms with Crippen molar-refractivity contribution in [1.29, 1.82) is 0 Å². The van der Waals surface area contributed by atoms with E-state index in [1.807, 2.05) is 84.9 Å². The van der Waals surface area contributed by atoms with Crippen molar-refractivity contribution in [2.45, 2.75) is 13.5 Å². The zero-order chi connectivity index (χ0) is 27.6. The first kappa shape index (κ1) is 25.7. The van der Waals surface area contributed by atoms with Crippen molar-refractivity contribution < 1.29 is 4.79 Å². The highest BCUT2D eigenvalue weighted by Crippen LogP contribution is 2.30. The Morgan fingerprint density at radius 2 is 1.77 bits per heavy atom. The number of anilines is 2. The summed E-state index contributed by atoms with van der Waals surface area (Å²) in [5.41, 5.74) is 5.41. The van der Waals surface area contributed by atoms with Crippen LogP contribution in [0, 0.1) is 6.92 Å². The minimum atomic E-state index is -0.327. The second-order valence-electron chi connectivity index (χ2n) is 9.00. The molecule has 0 bridgehead atoms. The van der Waals surface area contributed by atoms with Crippen LogP contribution < -0.4 is 10.6 Å². The van der Waals surface area contributed by atoms with Crippen LogP contribution in [0.1, 0.15) is 21.7 Å². The molecule has 0 atom stereocenters. The average Bonchev–Trinajstić information content (AvgIpc) is 3.55. The van der Waals surface area contributed by atoms with Crippen molar-refractivity contribution >= 4 is 50.6 Å². The summed E-state index contributed by atoms with van der Waals surface area (Å²) >= 11 is 9.99. The predicted octanol–water partition coefficient (Wildman–Crippen LogP) is 6.57. The Kier molecular flexibility index (Phi) is 7.02. The summed E-state index contributed by atoms with van der Waals surface area (Å²) in [6.07, 6.45) is 1.70. The van der Waals surface area contributed by atoms with E-state index in [1.54, 1.807) is 17.6 Å². The highest BCUT2D eigenvalue weighted by molar-refractivity contribution is 9.10. The van der Waals surface area contributed by atoms with E-state index in [2.05, 4.69) is 41.9 Å². The number of fused-ring (bicyclic) bond motifs is 1. The molecule has 0 aliphatic rings. The third-order valence-electron chi connectivity index (χ3n) is 6.22. The van der Waals surface area contributed by atoms with Crippen LogP contribution in [0.2, 0.25) is 5.02 Å². The Morgan fingerprint density at radius 1 is 0.975 bits per heavy atom. The predicted molar refractivity (Wildman–Crippen MR) is 159 cm³/mol. The molecular weight excluding hydrogens is 592 g/mol. The fourth-order valence-electron chi connectivity index (χ4n) is 4.28. The van der Waals surface area contributed by atoms with Crippen molar-refractivity contribution in [3.05, 3.63) is 118 Å². The average molecular weight is 614 g/mol. The molecule has 6 rings (SSSR count). The van der Waals surface area contributed by atoms with Crippen molar-refractivity contribution in [3.63, 3.8) is 0 Å². The first-order chi connectivity index (χ1) is 19.5. The molecule has 0 aliphatic carbocycles. The summed E-state index contributed by atoms with van der Waals surface area (Å²) in [5, 5.41) is 20.2. The van der Waals surface area contributed by atoms with E-state index in [0.29, 0.717) is 28.6 Å². The van der Waals surface area contributed by atoms with Gasteiger partial charge in [0.05, 0.1) is 27.7 Å². The lowest BCUT2D eigenvalue weighted by Crippen LogP contribution is -2.14. The molecule has 3 aromatic heterocycles. The third kappa shape index (κ3) is 5.18. The number of amides is 1. The summed E-state index contributed by atoms with van der Waals surface area (Å²) in [4.78, 5) is 19.3. The summed E-state index contributed by atoms with van der Waals surface area (Å²) in [5.74, 6) is 0.416. The van der Waals surface area contributed by atoms with Gasteiger partial charge in [-0.3, -0.25) is 4.79 Å².